The van der Waals surface area contributed by atoms with Gasteiger partial charge in [0.2, 0.25) is 17.8 Å². The molecule has 0 spiro atoms. The maximum Gasteiger partial charge on any atom is 0.390 e. The fourth-order valence-electron chi connectivity index (χ4n) is 6.34. The quantitative estimate of drug-likeness (QED) is 0.260. The van der Waals surface area contributed by atoms with E-state index in [-0.39, 0.29) is 74.4 Å². The maximum atomic E-state index is 14.0. The number of amides is 2. The summed E-state index contributed by atoms with van der Waals surface area (Å²) in [6.07, 6.45) is -0.844. The number of nitrogens with zero attached hydrogens (tertiary/aromatic N) is 6. The summed E-state index contributed by atoms with van der Waals surface area (Å²) in [6.45, 7) is -0.572. The molecule has 0 radical (unpaired) electrons. The number of alkyl halides is 7. The first-order valence-corrected chi connectivity index (χ1v) is 15.3. The molecule has 0 unspecified atom stereocenters. The van der Waals surface area contributed by atoms with E-state index in [1.54, 1.807) is 18.5 Å². The molecule has 3 aliphatic rings. The fourth-order valence-corrected chi connectivity index (χ4v) is 6.34. The molecule has 250 valence electrons. The number of halogens is 7. The minimum absolute atomic E-state index is 0.0138. The molecular formula is C29H33F7N8O2. The summed E-state index contributed by atoms with van der Waals surface area (Å²) in [5.41, 5.74) is 1.17. The van der Waals surface area contributed by atoms with Crippen molar-refractivity contribution < 1.29 is 40.3 Å². The Morgan fingerprint density at radius 2 is 1.63 bits per heavy atom. The summed E-state index contributed by atoms with van der Waals surface area (Å²) >= 11 is 0. The van der Waals surface area contributed by atoms with Gasteiger partial charge in [-0.3, -0.25) is 9.59 Å². The van der Waals surface area contributed by atoms with E-state index < -0.39 is 48.9 Å². The number of imidazole rings is 1. The third-order valence-corrected chi connectivity index (χ3v) is 8.98. The second-order valence-electron chi connectivity index (χ2n) is 12.8. The summed E-state index contributed by atoms with van der Waals surface area (Å²) in [5.74, 6) is -7.22. The van der Waals surface area contributed by atoms with Gasteiger partial charge >= 0.3 is 6.18 Å². The summed E-state index contributed by atoms with van der Waals surface area (Å²) in [4.78, 5) is 31.3. The lowest BCUT2D eigenvalue weighted by molar-refractivity contribution is -0.138. The highest BCUT2D eigenvalue weighted by molar-refractivity contribution is 5.92. The molecule has 3 fully saturated rings. The second-order valence-corrected chi connectivity index (χ2v) is 12.8. The number of hydrogen-bond donors (Lipinski definition) is 2. The molecule has 2 amide bonds. The van der Waals surface area contributed by atoms with Crippen LogP contribution in [-0.4, -0.2) is 59.4 Å². The molecular weight excluding hydrogens is 625 g/mol. The van der Waals surface area contributed by atoms with Gasteiger partial charge in [0.15, 0.2) is 11.3 Å². The van der Waals surface area contributed by atoms with Crippen LogP contribution in [0.5, 0.6) is 0 Å². The van der Waals surface area contributed by atoms with Crippen LogP contribution in [0.4, 0.5) is 30.7 Å². The molecule has 0 bridgehead atoms. The zero-order chi connectivity index (χ0) is 32.9. The van der Waals surface area contributed by atoms with Crippen molar-refractivity contribution in [3.8, 4) is 0 Å². The van der Waals surface area contributed by atoms with Gasteiger partial charge in [-0.2, -0.15) is 28.2 Å². The van der Waals surface area contributed by atoms with Crippen LogP contribution >= 0.6 is 0 Å². The Kier molecular flexibility index (Phi) is 8.46. The Bertz CT molecular complexity index is 1570. The number of carbonyl (C=O) groups excluding carboxylic acids is 2. The summed E-state index contributed by atoms with van der Waals surface area (Å²) in [6, 6.07) is 0.507. The summed E-state index contributed by atoms with van der Waals surface area (Å²) in [7, 11) is 0. The molecule has 3 heterocycles. The van der Waals surface area contributed by atoms with Gasteiger partial charge in [0.25, 0.3) is 5.91 Å². The molecule has 46 heavy (non-hydrogen) atoms. The fraction of sp³-hybridized carbons (Fsp3) is 0.655. The van der Waals surface area contributed by atoms with Crippen molar-refractivity contribution in [3.05, 3.63) is 41.6 Å². The third-order valence-electron chi connectivity index (χ3n) is 8.98. The molecule has 3 aromatic rings. The van der Waals surface area contributed by atoms with E-state index in [2.05, 4.69) is 30.9 Å². The normalized spacial score (nSPS) is 21.5. The van der Waals surface area contributed by atoms with Crippen molar-refractivity contribution in [2.45, 2.75) is 101 Å². The standard InChI is InChI=1S/C29H33F7N8O2/c30-27(31)5-3-18(4-6-27)25(41-26(46)20-14-38-44(42-20)8-7-29(34,35)36)21-15-43-22(39-21)10-19(13-37-43)24(17-1-2-17)40-23(45)9-16-11-28(32,33)12-16/h10,13-18,24-25H,1-9,11-12H2,(H,40,45)(H,41,46)/t24-,25+/m1/s1. The van der Waals surface area contributed by atoms with Gasteiger partial charge in [-0.05, 0) is 55.1 Å². The Morgan fingerprint density at radius 1 is 0.935 bits per heavy atom. The van der Waals surface area contributed by atoms with Crippen LogP contribution in [0.1, 0.15) is 98.0 Å². The Labute approximate surface area is 258 Å². The monoisotopic (exact) mass is 658 g/mol. The minimum atomic E-state index is -4.43. The molecule has 10 nitrogen and oxygen atoms in total. The first kappa shape index (κ1) is 32.2. The number of carbonyl (C=O) groups is 2. The van der Waals surface area contributed by atoms with Gasteiger partial charge in [-0.1, -0.05) is 0 Å². The molecule has 2 N–H and O–H groups in total. The van der Waals surface area contributed by atoms with Gasteiger partial charge in [0, 0.05) is 32.1 Å². The average Bonchev–Trinajstić information content (AvgIpc) is 3.52. The molecule has 6 rings (SSSR count). The third kappa shape index (κ3) is 7.77. The number of fused-ring (bicyclic) bond motifs is 1. The smallest absolute Gasteiger partial charge is 0.349 e. The first-order valence-electron chi connectivity index (χ1n) is 15.3. The van der Waals surface area contributed by atoms with Crippen molar-refractivity contribution in [2.24, 2.45) is 17.8 Å². The maximum absolute atomic E-state index is 14.0. The van der Waals surface area contributed by atoms with Gasteiger partial charge in [-0.25, -0.2) is 27.1 Å². The lowest BCUT2D eigenvalue weighted by Crippen LogP contribution is -2.39. The molecule has 17 heteroatoms. The Morgan fingerprint density at radius 3 is 2.28 bits per heavy atom. The second kappa shape index (κ2) is 12.1. The van der Waals surface area contributed by atoms with Crippen LogP contribution in [0.15, 0.2) is 24.7 Å². The first-order chi connectivity index (χ1) is 21.6. The molecule has 3 aliphatic carbocycles. The van der Waals surface area contributed by atoms with Gasteiger partial charge in [0.1, 0.15) is 0 Å². The lowest BCUT2D eigenvalue weighted by Gasteiger charge is -2.34. The van der Waals surface area contributed by atoms with Crippen molar-refractivity contribution >= 4 is 17.5 Å². The lowest BCUT2D eigenvalue weighted by atomic mass is 9.79. The highest BCUT2D eigenvalue weighted by Gasteiger charge is 2.46. The van der Waals surface area contributed by atoms with E-state index in [0.717, 1.165) is 23.8 Å². The van der Waals surface area contributed by atoms with Crippen LogP contribution in [0, 0.1) is 17.8 Å². The molecule has 0 aliphatic heterocycles. The highest BCUT2D eigenvalue weighted by Crippen LogP contribution is 2.45. The van der Waals surface area contributed by atoms with E-state index >= 15 is 0 Å². The Hall–Kier alpha value is -3.79. The van der Waals surface area contributed by atoms with Crippen molar-refractivity contribution in [1.82, 2.24) is 40.2 Å². The van der Waals surface area contributed by atoms with Crippen LogP contribution in [0.2, 0.25) is 0 Å². The zero-order valence-corrected chi connectivity index (χ0v) is 24.6. The highest BCUT2D eigenvalue weighted by atomic mass is 19.4. The molecule has 2 atom stereocenters. The van der Waals surface area contributed by atoms with Gasteiger partial charge in [0.05, 0.1) is 49.3 Å². The average molecular weight is 659 g/mol. The summed E-state index contributed by atoms with van der Waals surface area (Å²) < 4.78 is 93.8. The minimum Gasteiger partial charge on any atom is -0.349 e. The van der Waals surface area contributed by atoms with Crippen molar-refractivity contribution in [2.75, 3.05) is 0 Å². The number of rotatable bonds is 11. The number of aryl methyl sites for hydroxylation is 1. The molecule has 0 saturated heterocycles. The number of aromatic nitrogens is 6. The predicted molar refractivity (Wildman–Crippen MR) is 147 cm³/mol. The van der Waals surface area contributed by atoms with Crippen LogP contribution in [-0.2, 0) is 11.3 Å². The van der Waals surface area contributed by atoms with Gasteiger partial charge in [-0.15, -0.1) is 5.10 Å². The number of nitrogens with one attached hydrogen (secondary N) is 2. The predicted octanol–water partition coefficient (Wildman–Crippen LogP) is 5.57. The zero-order valence-electron chi connectivity index (χ0n) is 24.6. The SMILES string of the molecule is O=C(CC1CC(F)(F)C1)N[C@@H](c1cnn2cc([C@@H](NC(=O)c3cnn(CCC(F)(F)F)n3)C3CCC(F)(F)CC3)nc2c1)C1CC1. The molecule has 0 aromatic carbocycles. The van der Waals surface area contributed by atoms with Crippen molar-refractivity contribution in [1.29, 1.82) is 0 Å². The largest absolute Gasteiger partial charge is 0.390 e. The van der Waals surface area contributed by atoms with E-state index in [1.165, 1.54) is 4.52 Å². The van der Waals surface area contributed by atoms with Crippen LogP contribution in [0.3, 0.4) is 0 Å². The summed E-state index contributed by atoms with van der Waals surface area (Å²) in [5, 5.41) is 17.8. The number of hydrogen-bond acceptors (Lipinski definition) is 6. The topological polar surface area (TPSA) is 119 Å². The van der Waals surface area contributed by atoms with Gasteiger partial charge < -0.3 is 10.6 Å². The Balaban J connectivity index is 1.20. The molecule has 3 aromatic heterocycles. The van der Waals surface area contributed by atoms with Crippen molar-refractivity contribution in [3.63, 3.8) is 0 Å². The molecule has 3 saturated carbocycles. The van der Waals surface area contributed by atoms with Crippen LogP contribution < -0.4 is 10.6 Å². The van der Waals surface area contributed by atoms with Crippen LogP contribution in [0.25, 0.3) is 5.65 Å². The van der Waals surface area contributed by atoms with E-state index in [9.17, 15) is 40.3 Å². The van der Waals surface area contributed by atoms with E-state index in [4.69, 9.17) is 0 Å². The van der Waals surface area contributed by atoms with E-state index in [1.807, 2.05) is 0 Å². The van der Waals surface area contributed by atoms with E-state index in [0.29, 0.717) is 16.9 Å².